The Labute approximate surface area is 151 Å². The largest absolute Gasteiger partial charge is 0.375 e. The van der Waals surface area contributed by atoms with Crippen LogP contribution in [-0.2, 0) is 14.3 Å². The lowest BCUT2D eigenvalue weighted by Gasteiger charge is -2.21. The number of hydrogen-bond acceptors (Lipinski definition) is 7. The first-order valence-electron chi connectivity index (χ1n) is 7.96. The van der Waals surface area contributed by atoms with Gasteiger partial charge >= 0.3 is 0 Å². The Kier molecular flexibility index (Phi) is 4.08. The van der Waals surface area contributed by atoms with Gasteiger partial charge in [-0.25, -0.2) is 9.37 Å². The molecule has 136 valence electrons. The molecule has 0 saturated carbocycles. The molecule has 3 N–H and O–H groups in total. The minimum atomic E-state index is -1.40. The van der Waals surface area contributed by atoms with Crippen molar-refractivity contribution in [1.29, 1.82) is 0 Å². The van der Waals surface area contributed by atoms with Crippen molar-refractivity contribution < 1.29 is 23.5 Å². The van der Waals surface area contributed by atoms with E-state index < -0.39 is 30.1 Å². The molecule has 26 heavy (non-hydrogen) atoms. The standard InChI is InChI=1S/C16H15FN4O4S/c17-8-5-21(13-10(22)6-25-14(8)13)12(23)4-19-15(24)7-1-2-9-11(3-7)26-16(18)20-9/h1-3,8,13-14H,4-6H2,(H2,18,20)(H,19,24)/t8-,13+,14+/m0/s1. The second kappa shape index (κ2) is 6.29. The number of carbonyl (C=O) groups excluding carboxylic acids is 3. The van der Waals surface area contributed by atoms with E-state index in [2.05, 4.69) is 10.3 Å². The number of benzene rings is 1. The van der Waals surface area contributed by atoms with Crippen molar-refractivity contribution >= 4 is 44.3 Å². The Morgan fingerprint density at radius 3 is 3.08 bits per heavy atom. The number of nitrogens with two attached hydrogens (primary N) is 1. The summed E-state index contributed by atoms with van der Waals surface area (Å²) in [5.41, 5.74) is 6.69. The van der Waals surface area contributed by atoms with Crippen molar-refractivity contribution in [1.82, 2.24) is 15.2 Å². The second-order valence-corrected chi connectivity index (χ2v) is 7.23. The zero-order chi connectivity index (χ0) is 18.4. The third kappa shape index (κ3) is 2.80. The zero-order valence-corrected chi connectivity index (χ0v) is 14.3. The molecule has 0 radical (unpaired) electrons. The molecule has 0 bridgehead atoms. The Bertz CT molecular complexity index is 917. The summed E-state index contributed by atoms with van der Waals surface area (Å²) in [6.07, 6.45) is -2.30. The van der Waals surface area contributed by atoms with Gasteiger partial charge in [0.1, 0.15) is 24.9 Å². The number of likely N-dealkylation sites (tertiary alicyclic amines) is 1. The summed E-state index contributed by atoms with van der Waals surface area (Å²) >= 11 is 1.26. The highest BCUT2D eigenvalue weighted by atomic mass is 32.1. The molecule has 8 nitrogen and oxygen atoms in total. The third-order valence-corrected chi connectivity index (χ3v) is 5.36. The summed E-state index contributed by atoms with van der Waals surface area (Å²) in [5.74, 6) is -1.28. The van der Waals surface area contributed by atoms with Crippen LogP contribution in [0.25, 0.3) is 10.2 Å². The summed E-state index contributed by atoms with van der Waals surface area (Å²) in [7, 11) is 0. The number of rotatable bonds is 3. The fourth-order valence-corrected chi connectivity index (χ4v) is 4.07. The van der Waals surface area contributed by atoms with Crippen molar-refractivity contribution in [2.75, 3.05) is 25.4 Å². The SMILES string of the molecule is Nc1nc2ccc(C(=O)NCC(=O)N3C[C@H](F)[C@H]4OCC(=O)[C@H]43)cc2s1. The number of Topliss-reactive ketones (excluding diaryl/α,β-unsaturated/α-hetero) is 1. The van der Waals surface area contributed by atoms with Crippen LogP contribution in [0.1, 0.15) is 10.4 Å². The maximum absolute atomic E-state index is 13.9. The molecular weight excluding hydrogens is 363 g/mol. The van der Waals surface area contributed by atoms with Crippen LogP contribution in [0.2, 0.25) is 0 Å². The number of thiazole rings is 1. The van der Waals surface area contributed by atoms with Crippen LogP contribution in [0.4, 0.5) is 9.52 Å². The Hall–Kier alpha value is -2.59. The molecule has 1 aromatic carbocycles. The predicted molar refractivity (Wildman–Crippen MR) is 91.5 cm³/mol. The van der Waals surface area contributed by atoms with Gasteiger partial charge in [-0.2, -0.15) is 0 Å². The van der Waals surface area contributed by atoms with Crippen molar-refractivity contribution in [2.24, 2.45) is 0 Å². The van der Waals surface area contributed by atoms with Crippen molar-refractivity contribution in [3.63, 3.8) is 0 Å². The molecule has 1 aromatic heterocycles. The first-order chi connectivity index (χ1) is 12.4. The minimum Gasteiger partial charge on any atom is -0.375 e. The number of anilines is 1. The Morgan fingerprint density at radius 1 is 1.46 bits per heavy atom. The highest BCUT2D eigenvalue weighted by molar-refractivity contribution is 7.22. The topological polar surface area (TPSA) is 115 Å². The lowest BCUT2D eigenvalue weighted by Crippen LogP contribution is -2.46. The summed E-state index contributed by atoms with van der Waals surface area (Å²) in [5, 5.41) is 2.91. The fourth-order valence-electron chi connectivity index (χ4n) is 3.30. The molecule has 0 unspecified atom stereocenters. The van der Waals surface area contributed by atoms with Gasteiger partial charge in [0.2, 0.25) is 5.91 Å². The van der Waals surface area contributed by atoms with E-state index in [4.69, 9.17) is 10.5 Å². The number of carbonyl (C=O) groups is 3. The van der Waals surface area contributed by atoms with Crippen LogP contribution in [0, 0.1) is 0 Å². The molecule has 0 spiro atoms. The maximum Gasteiger partial charge on any atom is 0.251 e. The number of nitrogens with zero attached hydrogens (tertiary/aromatic N) is 2. The van der Waals surface area contributed by atoms with Crippen molar-refractivity contribution in [2.45, 2.75) is 18.3 Å². The van der Waals surface area contributed by atoms with E-state index in [1.54, 1.807) is 18.2 Å². The minimum absolute atomic E-state index is 0.191. The van der Waals surface area contributed by atoms with Crippen molar-refractivity contribution in [3.8, 4) is 0 Å². The summed E-state index contributed by atoms with van der Waals surface area (Å²) in [6.45, 7) is -0.726. The van der Waals surface area contributed by atoms with E-state index in [9.17, 15) is 18.8 Å². The first kappa shape index (κ1) is 16.9. The summed E-state index contributed by atoms with van der Waals surface area (Å²) < 4.78 is 19.8. The quantitative estimate of drug-likeness (QED) is 0.784. The zero-order valence-electron chi connectivity index (χ0n) is 13.5. The number of ether oxygens (including phenoxy) is 1. The number of aromatic nitrogens is 1. The average Bonchev–Trinajstić information content (AvgIpc) is 3.27. The summed E-state index contributed by atoms with van der Waals surface area (Å²) in [4.78, 5) is 41.7. The maximum atomic E-state index is 13.9. The van der Waals surface area contributed by atoms with E-state index >= 15 is 0 Å². The van der Waals surface area contributed by atoms with E-state index in [0.29, 0.717) is 16.2 Å². The number of nitrogens with one attached hydrogen (secondary N) is 1. The van der Waals surface area contributed by atoms with Crippen LogP contribution in [0.5, 0.6) is 0 Å². The molecule has 2 amide bonds. The molecule has 10 heteroatoms. The third-order valence-electron chi connectivity index (χ3n) is 4.51. The van der Waals surface area contributed by atoms with Crippen LogP contribution >= 0.6 is 11.3 Å². The smallest absolute Gasteiger partial charge is 0.251 e. The highest BCUT2D eigenvalue weighted by Gasteiger charge is 2.52. The molecule has 4 rings (SSSR count). The molecule has 2 aliphatic heterocycles. The van der Waals surface area contributed by atoms with Crippen LogP contribution in [-0.4, -0.2) is 65.5 Å². The second-order valence-electron chi connectivity index (χ2n) is 6.17. The molecule has 2 aliphatic rings. The molecular formula is C16H15FN4O4S. The van der Waals surface area contributed by atoms with Crippen molar-refractivity contribution in [3.05, 3.63) is 23.8 Å². The number of nitrogen functional groups attached to an aromatic ring is 1. The van der Waals surface area contributed by atoms with Gasteiger partial charge in [0, 0.05) is 5.56 Å². The molecule has 3 heterocycles. The number of fused-ring (bicyclic) bond motifs is 2. The number of hydrogen-bond donors (Lipinski definition) is 2. The molecule has 2 fully saturated rings. The molecule has 2 saturated heterocycles. The first-order valence-corrected chi connectivity index (χ1v) is 8.78. The number of ketones is 1. The monoisotopic (exact) mass is 378 g/mol. The number of alkyl halides is 1. The van der Waals surface area contributed by atoms with E-state index in [1.807, 2.05) is 0 Å². The highest BCUT2D eigenvalue weighted by Crippen LogP contribution is 2.29. The van der Waals surface area contributed by atoms with E-state index in [1.165, 1.54) is 11.3 Å². The Balaban J connectivity index is 1.42. The lowest BCUT2D eigenvalue weighted by atomic mass is 10.1. The van der Waals surface area contributed by atoms with Gasteiger partial charge in [0.15, 0.2) is 10.9 Å². The van der Waals surface area contributed by atoms with Crippen LogP contribution < -0.4 is 11.1 Å². The van der Waals surface area contributed by atoms with Gasteiger partial charge < -0.3 is 20.7 Å². The van der Waals surface area contributed by atoms with Gasteiger partial charge in [0.05, 0.1) is 23.3 Å². The normalized spacial score (nSPS) is 24.9. The molecule has 2 aromatic rings. The van der Waals surface area contributed by atoms with Gasteiger partial charge in [-0.15, -0.1) is 0 Å². The molecule has 3 atom stereocenters. The van der Waals surface area contributed by atoms with Crippen LogP contribution in [0.3, 0.4) is 0 Å². The van der Waals surface area contributed by atoms with E-state index in [0.717, 1.165) is 9.60 Å². The predicted octanol–water partition coefficient (Wildman–Crippen LogP) is 0.125. The fraction of sp³-hybridized carbons (Fsp3) is 0.375. The average molecular weight is 378 g/mol. The number of amides is 2. The molecule has 0 aliphatic carbocycles. The van der Waals surface area contributed by atoms with Crippen LogP contribution in [0.15, 0.2) is 18.2 Å². The number of halogens is 1. The lowest BCUT2D eigenvalue weighted by molar-refractivity contribution is -0.135. The van der Waals surface area contributed by atoms with Gasteiger partial charge in [-0.05, 0) is 18.2 Å². The van der Waals surface area contributed by atoms with Gasteiger partial charge in [-0.1, -0.05) is 11.3 Å². The Morgan fingerprint density at radius 2 is 2.27 bits per heavy atom. The van der Waals surface area contributed by atoms with Gasteiger partial charge in [0.25, 0.3) is 5.91 Å². The van der Waals surface area contributed by atoms with Gasteiger partial charge in [-0.3, -0.25) is 14.4 Å². The van der Waals surface area contributed by atoms with E-state index in [-0.39, 0.29) is 25.5 Å². The summed E-state index contributed by atoms with van der Waals surface area (Å²) in [6, 6.07) is 4.00.